The minimum absolute atomic E-state index is 0.0757. The zero-order valence-electron chi connectivity index (χ0n) is 8.03. The predicted molar refractivity (Wildman–Crippen MR) is 52.2 cm³/mol. The average molecular weight is 199 g/mol. The van der Waals surface area contributed by atoms with Gasteiger partial charge in [0.2, 0.25) is 0 Å². The van der Waals surface area contributed by atoms with Crippen LogP contribution in [0.15, 0.2) is 18.2 Å². The summed E-state index contributed by atoms with van der Waals surface area (Å²) >= 11 is 0. The summed E-state index contributed by atoms with van der Waals surface area (Å²) in [6, 6.07) is 4.25. The van der Waals surface area contributed by atoms with Gasteiger partial charge in [-0.15, -0.1) is 0 Å². The average Bonchev–Trinajstić information content (AvgIpc) is 2.19. The van der Waals surface area contributed by atoms with Crippen LogP contribution in [0.4, 0.5) is 4.39 Å². The van der Waals surface area contributed by atoms with Crippen LogP contribution < -0.4 is 10.5 Å². The van der Waals surface area contributed by atoms with Crippen LogP contribution in [0.25, 0.3) is 0 Å². The third-order valence-corrected chi connectivity index (χ3v) is 2.05. The molecule has 0 aliphatic heterocycles. The highest BCUT2D eigenvalue weighted by Crippen LogP contribution is 2.28. The van der Waals surface area contributed by atoms with Crippen molar-refractivity contribution in [2.24, 2.45) is 5.73 Å². The molecule has 1 atom stereocenters. The van der Waals surface area contributed by atoms with E-state index in [0.717, 1.165) is 0 Å². The third-order valence-electron chi connectivity index (χ3n) is 2.05. The van der Waals surface area contributed by atoms with Crippen molar-refractivity contribution in [3.8, 4) is 11.5 Å². The van der Waals surface area contributed by atoms with Gasteiger partial charge in [0.05, 0.1) is 13.8 Å². The van der Waals surface area contributed by atoms with Crippen LogP contribution in [-0.2, 0) is 0 Å². The molecule has 0 saturated heterocycles. The van der Waals surface area contributed by atoms with Gasteiger partial charge in [-0.05, 0) is 24.6 Å². The molecule has 0 fully saturated rings. The molecular formula is C10H14FNO2. The van der Waals surface area contributed by atoms with Crippen LogP contribution in [-0.4, -0.2) is 18.9 Å². The second-order valence-electron chi connectivity index (χ2n) is 3.01. The number of phenols is 1. The Balaban J connectivity index is 2.93. The molecule has 0 spiro atoms. The van der Waals surface area contributed by atoms with Crippen molar-refractivity contribution in [2.45, 2.75) is 12.5 Å². The van der Waals surface area contributed by atoms with Crippen LogP contribution in [0.5, 0.6) is 11.5 Å². The van der Waals surface area contributed by atoms with E-state index in [9.17, 15) is 9.50 Å². The van der Waals surface area contributed by atoms with E-state index in [-0.39, 0.29) is 12.2 Å². The molecule has 0 unspecified atom stereocenters. The Bertz CT molecular complexity index is 304. The fraction of sp³-hybridized carbons (Fsp3) is 0.400. The molecule has 3 nitrogen and oxygen atoms in total. The van der Waals surface area contributed by atoms with E-state index in [1.807, 2.05) is 0 Å². The summed E-state index contributed by atoms with van der Waals surface area (Å²) in [5.41, 5.74) is 6.19. The lowest BCUT2D eigenvalue weighted by Gasteiger charge is -2.12. The molecule has 3 N–H and O–H groups in total. The maximum absolute atomic E-state index is 12.1. The molecule has 0 aliphatic carbocycles. The smallest absolute Gasteiger partial charge is 0.120 e. The molecule has 0 aromatic heterocycles. The summed E-state index contributed by atoms with van der Waals surface area (Å²) in [7, 11) is 1.52. The molecule has 1 aromatic carbocycles. The number of benzene rings is 1. The Labute approximate surface area is 82.3 Å². The van der Waals surface area contributed by atoms with Gasteiger partial charge >= 0.3 is 0 Å². The van der Waals surface area contributed by atoms with Crippen LogP contribution in [0, 0.1) is 0 Å². The van der Waals surface area contributed by atoms with Crippen LogP contribution in [0.1, 0.15) is 18.0 Å². The van der Waals surface area contributed by atoms with Gasteiger partial charge < -0.3 is 15.6 Å². The molecule has 0 radical (unpaired) electrons. The van der Waals surface area contributed by atoms with Crippen LogP contribution in [0.2, 0.25) is 0 Å². The molecule has 0 amide bonds. The summed E-state index contributed by atoms with van der Waals surface area (Å²) in [4.78, 5) is 0. The highest BCUT2D eigenvalue weighted by Gasteiger charge is 2.11. The predicted octanol–water partition coefficient (Wildman–Crippen LogP) is 1.76. The summed E-state index contributed by atoms with van der Waals surface area (Å²) in [6.45, 7) is -0.502. The number of ether oxygens (including phenoxy) is 1. The van der Waals surface area contributed by atoms with E-state index in [0.29, 0.717) is 11.3 Å². The third kappa shape index (κ3) is 2.35. The molecule has 14 heavy (non-hydrogen) atoms. The molecule has 1 aromatic rings. The number of hydrogen-bond donors (Lipinski definition) is 2. The molecule has 0 bridgehead atoms. The van der Waals surface area contributed by atoms with Crippen molar-refractivity contribution < 1.29 is 14.2 Å². The lowest BCUT2D eigenvalue weighted by atomic mass is 10.0. The Morgan fingerprint density at radius 3 is 2.86 bits per heavy atom. The summed E-state index contributed by atoms with van der Waals surface area (Å²) in [6.07, 6.45) is 0.195. The number of alkyl halides is 1. The standard InChI is InChI=1S/C10H14FNO2/c1-14-7-2-3-10(13)8(6-7)9(12)4-5-11/h2-3,6,9,13H,4-5,12H2,1H3/t9-/m0/s1. The second-order valence-corrected chi connectivity index (χ2v) is 3.01. The lowest BCUT2D eigenvalue weighted by molar-refractivity contribution is 0.403. The molecule has 78 valence electrons. The maximum atomic E-state index is 12.1. The van der Waals surface area contributed by atoms with Crippen molar-refractivity contribution in [2.75, 3.05) is 13.8 Å². The first-order chi connectivity index (χ1) is 6.69. The Kier molecular flexibility index (Phi) is 3.71. The highest BCUT2D eigenvalue weighted by molar-refractivity contribution is 5.41. The van der Waals surface area contributed by atoms with Crippen molar-refractivity contribution >= 4 is 0 Å². The SMILES string of the molecule is COc1ccc(O)c([C@@H](N)CCF)c1. The fourth-order valence-corrected chi connectivity index (χ4v) is 1.23. The van der Waals surface area contributed by atoms with E-state index in [1.54, 1.807) is 12.1 Å². The minimum atomic E-state index is -0.502. The minimum Gasteiger partial charge on any atom is -0.508 e. The molecule has 0 aliphatic rings. The number of aromatic hydroxyl groups is 1. The van der Waals surface area contributed by atoms with Crippen molar-refractivity contribution in [3.63, 3.8) is 0 Å². The highest BCUT2D eigenvalue weighted by atomic mass is 19.1. The number of nitrogens with two attached hydrogens (primary N) is 1. The van der Waals surface area contributed by atoms with Crippen LogP contribution >= 0.6 is 0 Å². The van der Waals surface area contributed by atoms with Gasteiger partial charge in [-0.1, -0.05) is 0 Å². The van der Waals surface area contributed by atoms with E-state index >= 15 is 0 Å². The van der Waals surface area contributed by atoms with Gasteiger partial charge in [0, 0.05) is 11.6 Å². The summed E-state index contributed by atoms with van der Waals surface area (Å²) < 4.78 is 17.0. The monoisotopic (exact) mass is 199 g/mol. The first-order valence-corrected chi connectivity index (χ1v) is 4.37. The van der Waals surface area contributed by atoms with Gasteiger partial charge in [0.15, 0.2) is 0 Å². The van der Waals surface area contributed by atoms with E-state index in [1.165, 1.54) is 13.2 Å². The van der Waals surface area contributed by atoms with E-state index in [2.05, 4.69) is 0 Å². The van der Waals surface area contributed by atoms with Crippen LogP contribution in [0.3, 0.4) is 0 Å². The van der Waals surface area contributed by atoms with Gasteiger partial charge in [-0.3, -0.25) is 4.39 Å². The van der Waals surface area contributed by atoms with Gasteiger partial charge in [-0.2, -0.15) is 0 Å². The number of hydrogen-bond acceptors (Lipinski definition) is 3. The summed E-state index contributed by atoms with van der Waals surface area (Å²) in [5, 5.41) is 9.47. The fourth-order valence-electron chi connectivity index (χ4n) is 1.23. The zero-order valence-corrected chi connectivity index (χ0v) is 8.03. The molecule has 0 saturated carbocycles. The molecule has 1 rings (SSSR count). The van der Waals surface area contributed by atoms with Gasteiger partial charge in [0.1, 0.15) is 11.5 Å². The molecule has 0 heterocycles. The zero-order chi connectivity index (χ0) is 10.6. The van der Waals surface area contributed by atoms with Crippen molar-refractivity contribution in [1.82, 2.24) is 0 Å². The normalized spacial score (nSPS) is 12.5. The van der Waals surface area contributed by atoms with Crippen molar-refractivity contribution in [1.29, 1.82) is 0 Å². The molecular weight excluding hydrogens is 185 g/mol. The first kappa shape index (κ1) is 10.8. The Morgan fingerprint density at radius 2 is 2.29 bits per heavy atom. The van der Waals surface area contributed by atoms with E-state index < -0.39 is 12.7 Å². The number of methoxy groups -OCH3 is 1. The number of halogens is 1. The first-order valence-electron chi connectivity index (χ1n) is 4.37. The van der Waals surface area contributed by atoms with E-state index in [4.69, 9.17) is 10.5 Å². The van der Waals surface area contributed by atoms with Crippen molar-refractivity contribution in [3.05, 3.63) is 23.8 Å². The molecule has 4 heteroatoms. The second kappa shape index (κ2) is 4.81. The Hall–Kier alpha value is -1.29. The Morgan fingerprint density at radius 1 is 1.57 bits per heavy atom. The van der Waals surface area contributed by atoms with Gasteiger partial charge in [-0.25, -0.2) is 0 Å². The largest absolute Gasteiger partial charge is 0.508 e. The summed E-state index contributed by atoms with van der Waals surface area (Å²) in [5.74, 6) is 0.679. The maximum Gasteiger partial charge on any atom is 0.120 e. The van der Waals surface area contributed by atoms with Gasteiger partial charge in [0.25, 0.3) is 0 Å². The number of rotatable bonds is 4. The lowest BCUT2D eigenvalue weighted by Crippen LogP contribution is -2.11. The topological polar surface area (TPSA) is 55.5 Å². The quantitative estimate of drug-likeness (QED) is 0.776. The number of phenolic OH excluding ortho intramolecular Hbond substituents is 1.